The lowest BCUT2D eigenvalue weighted by molar-refractivity contribution is 0.217. The highest BCUT2D eigenvalue weighted by molar-refractivity contribution is 5.10. The maximum Gasteiger partial charge on any atom is -0.0289 e. The minimum atomic E-state index is 0.861. The minimum Gasteiger partial charge on any atom is -0.0622 e. The van der Waals surface area contributed by atoms with Crippen molar-refractivity contribution in [2.45, 2.75) is 26.7 Å². The SMILES string of the molecule is CC1CC2(C)CC12. The fraction of sp³-hybridized carbons (Fsp3) is 1.00. The molecule has 2 aliphatic rings. The molecule has 7 heavy (non-hydrogen) atoms. The van der Waals surface area contributed by atoms with E-state index in [4.69, 9.17) is 0 Å². The molecule has 0 saturated heterocycles. The van der Waals surface area contributed by atoms with Crippen molar-refractivity contribution < 1.29 is 0 Å². The van der Waals surface area contributed by atoms with Gasteiger partial charge in [-0.3, -0.25) is 0 Å². The van der Waals surface area contributed by atoms with Crippen molar-refractivity contribution in [3.05, 3.63) is 0 Å². The lowest BCUT2D eigenvalue weighted by Crippen LogP contribution is -2.19. The van der Waals surface area contributed by atoms with Crippen molar-refractivity contribution in [2.24, 2.45) is 17.3 Å². The summed E-state index contributed by atoms with van der Waals surface area (Å²) in [7, 11) is 0. The maximum absolute atomic E-state index is 2.41. The Kier molecular flexibility index (Phi) is 0.430. The van der Waals surface area contributed by atoms with Gasteiger partial charge in [0.2, 0.25) is 0 Å². The predicted molar refractivity (Wildman–Crippen MR) is 30.0 cm³/mol. The molecule has 2 aliphatic carbocycles. The number of hydrogen-bond donors (Lipinski definition) is 0. The standard InChI is InChI=1S/C7H12/c1-5-3-7(2)4-6(5)7/h5-6H,3-4H2,1-2H3. The molecule has 0 aromatic rings. The van der Waals surface area contributed by atoms with Crippen LogP contribution in [-0.2, 0) is 0 Å². The maximum atomic E-state index is 2.41. The molecule has 2 saturated carbocycles. The zero-order chi connectivity index (χ0) is 5.07. The normalized spacial score (nSPS) is 66.0. The van der Waals surface area contributed by atoms with Gasteiger partial charge < -0.3 is 0 Å². The van der Waals surface area contributed by atoms with Gasteiger partial charge in [0.1, 0.15) is 0 Å². The third-order valence-electron chi connectivity index (χ3n) is 2.90. The van der Waals surface area contributed by atoms with E-state index in [9.17, 15) is 0 Å². The molecule has 2 fully saturated rings. The third-order valence-corrected chi connectivity index (χ3v) is 2.90. The Hall–Kier alpha value is 0. The van der Waals surface area contributed by atoms with Gasteiger partial charge in [-0.15, -0.1) is 0 Å². The summed E-state index contributed by atoms with van der Waals surface area (Å²) < 4.78 is 0. The van der Waals surface area contributed by atoms with E-state index in [0.29, 0.717) is 0 Å². The molecule has 0 N–H and O–H groups in total. The van der Waals surface area contributed by atoms with Gasteiger partial charge in [-0.2, -0.15) is 0 Å². The quantitative estimate of drug-likeness (QED) is 0.433. The molecule has 0 bridgehead atoms. The molecule has 3 atom stereocenters. The summed E-state index contributed by atoms with van der Waals surface area (Å²) in [5, 5.41) is 0. The summed E-state index contributed by atoms with van der Waals surface area (Å²) in [5.74, 6) is 2.22. The summed E-state index contributed by atoms with van der Waals surface area (Å²) in [6.07, 6.45) is 3.05. The van der Waals surface area contributed by atoms with E-state index in [1.165, 1.54) is 12.8 Å². The van der Waals surface area contributed by atoms with Gasteiger partial charge in [0.25, 0.3) is 0 Å². The van der Waals surface area contributed by atoms with Crippen LogP contribution in [0, 0.1) is 17.3 Å². The molecular formula is C7H12. The molecule has 0 aliphatic heterocycles. The van der Waals surface area contributed by atoms with E-state index in [1.54, 1.807) is 0 Å². The lowest BCUT2D eigenvalue weighted by atomic mass is 9.77. The molecule has 0 aromatic carbocycles. The Morgan fingerprint density at radius 3 is 2.14 bits per heavy atom. The second-order valence-electron chi connectivity index (χ2n) is 3.65. The van der Waals surface area contributed by atoms with Crippen LogP contribution in [0.3, 0.4) is 0 Å². The Morgan fingerprint density at radius 2 is 2.14 bits per heavy atom. The average molecular weight is 96.2 g/mol. The second-order valence-corrected chi connectivity index (χ2v) is 3.65. The molecule has 40 valence electrons. The molecule has 0 heteroatoms. The molecule has 0 radical (unpaired) electrons. The van der Waals surface area contributed by atoms with Crippen LogP contribution in [0.5, 0.6) is 0 Å². The number of rotatable bonds is 0. The van der Waals surface area contributed by atoms with E-state index >= 15 is 0 Å². The Morgan fingerprint density at radius 1 is 1.43 bits per heavy atom. The predicted octanol–water partition coefficient (Wildman–Crippen LogP) is 2.05. The minimum absolute atomic E-state index is 0.861. The van der Waals surface area contributed by atoms with Crippen LogP contribution in [0.4, 0.5) is 0 Å². The highest BCUT2D eigenvalue weighted by Gasteiger charge is 2.61. The van der Waals surface area contributed by atoms with Gasteiger partial charge in [0.15, 0.2) is 0 Å². The Bertz CT molecular complexity index is 107. The van der Waals surface area contributed by atoms with Crippen molar-refractivity contribution >= 4 is 0 Å². The van der Waals surface area contributed by atoms with Gasteiger partial charge >= 0.3 is 0 Å². The van der Waals surface area contributed by atoms with E-state index in [-0.39, 0.29) is 0 Å². The van der Waals surface area contributed by atoms with E-state index in [2.05, 4.69) is 13.8 Å². The first kappa shape index (κ1) is 3.94. The molecule has 2 rings (SSSR count). The molecule has 0 aromatic heterocycles. The molecule has 0 heterocycles. The fourth-order valence-corrected chi connectivity index (χ4v) is 2.28. The summed E-state index contributed by atoms with van der Waals surface area (Å²) in [6, 6.07) is 0. The molecule has 0 nitrogen and oxygen atoms in total. The van der Waals surface area contributed by atoms with E-state index < -0.39 is 0 Å². The van der Waals surface area contributed by atoms with Crippen molar-refractivity contribution in [1.29, 1.82) is 0 Å². The third kappa shape index (κ3) is 0.296. The van der Waals surface area contributed by atoms with Gasteiger partial charge in [-0.1, -0.05) is 13.8 Å². The molecule has 0 spiro atoms. The first-order chi connectivity index (χ1) is 3.22. The smallest absolute Gasteiger partial charge is 0.0289 e. The van der Waals surface area contributed by atoms with Gasteiger partial charge in [0.05, 0.1) is 0 Å². The van der Waals surface area contributed by atoms with Gasteiger partial charge in [0, 0.05) is 0 Å². The van der Waals surface area contributed by atoms with Crippen LogP contribution < -0.4 is 0 Å². The largest absolute Gasteiger partial charge is 0.0622 e. The van der Waals surface area contributed by atoms with Crippen LogP contribution in [0.15, 0.2) is 0 Å². The number of hydrogen-bond acceptors (Lipinski definition) is 0. The van der Waals surface area contributed by atoms with Crippen LogP contribution in [-0.4, -0.2) is 0 Å². The van der Waals surface area contributed by atoms with E-state index in [0.717, 1.165) is 17.3 Å². The Labute approximate surface area is 44.9 Å². The Balaban J connectivity index is 2.12. The van der Waals surface area contributed by atoms with Crippen LogP contribution in [0.2, 0.25) is 0 Å². The molecule has 0 amide bonds. The zero-order valence-electron chi connectivity index (χ0n) is 5.07. The van der Waals surface area contributed by atoms with Gasteiger partial charge in [-0.05, 0) is 30.1 Å². The fourth-order valence-electron chi connectivity index (χ4n) is 2.28. The molecule has 3 unspecified atom stereocenters. The monoisotopic (exact) mass is 96.1 g/mol. The highest BCUT2D eigenvalue weighted by atomic mass is 14.7. The summed E-state index contributed by atoms with van der Waals surface area (Å²) in [5.41, 5.74) is 0.861. The summed E-state index contributed by atoms with van der Waals surface area (Å²) >= 11 is 0. The second kappa shape index (κ2) is 0.765. The van der Waals surface area contributed by atoms with Crippen LogP contribution in [0.1, 0.15) is 26.7 Å². The van der Waals surface area contributed by atoms with Crippen molar-refractivity contribution in [1.82, 2.24) is 0 Å². The first-order valence-electron chi connectivity index (χ1n) is 3.22. The van der Waals surface area contributed by atoms with Crippen molar-refractivity contribution in [3.8, 4) is 0 Å². The van der Waals surface area contributed by atoms with Crippen molar-refractivity contribution in [3.63, 3.8) is 0 Å². The number of fused-ring (bicyclic) bond motifs is 1. The van der Waals surface area contributed by atoms with E-state index in [1.807, 2.05) is 0 Å². The lowest BCUT2D eigenvalue weighted by Gasteiger charge is -2.28. The highest BCUT2D eigenvalue weighted by Crippen LogP contribution is 2.70. The molecular weight excluding hydrogens is 84.1 g/mol. The van der Waals surface area contributed by atoms with Crippen LogP contribution >= 0.6 is 0 Å². The topological polar surface area (TPSA) is 0 Å². The zero-order valence-corrected chi connectivity index (χ0v) is 5.07. The summed E-state index contributed by atoms with van der Waals surface area (Å²) in [6.45, 7) is 4.79. The average Bonchev–Trinajstić information content (AvgIpc) is 2.10. The summed E-state index contributed by atoms with van der Waals surface area (Å²) in [4.78, 5) is 0. The first-order valence-corrected chi connectivity index (χ1v) is 3.22. The van der Waals surface area contributed by atoms with Crippen molar-refractivity contribution in [2.75, 3.05) is 0 Å². The van der Waals surface area contributed by atoms with Crippen LogP contribution in [0.25, 0.3) is 0 Å². The van der Waals surface area contributed by atoms with Gasteiger partial charge in [-0.25, -0.2) is 0 Å².